The van der Waals surface area contributed by atoms with Gasteiger partial charge < -0.3 is 19.4 Å². The first kappa shape index (κ1) is 19.1. The summed E-state index contributed by atoms with van der Waals surface area (Å²) in [7, 11) is 0. The van der Waals surface area contributed by atoms with Crippen LogP contribution < -0.4 is 9.80 Å². The summed E-state index contributed by atoms with van der Waals surface area (Å²) in [5, 5.41) is 0. The highest BCUT2D eigenvalue weighted by molar-refractivity contribution is 9.10. The summed E-state index contributed by atoms with van der Waals surface area (Å²) >= 11 is 3.48. The Labute approximate surface area is 173 Å². The van der Waals surface area contributed by atoms with Crippen molar-refractivity contribution < 1.29 is 9.53 Å². The highest BCUT2D eigenvalue weighted by Crippen LogP contribution is 2.22. The number of aryl methyl sites for hydroxylation is 1. The molecular formula is C20H24BrN5O2. The Morgan fingerprint density at radius 2 is 1.71 bits per heavy atom. The van der Waals surface area contributed by atoms with Crippen LogP contribution in [0.1, 0.15) is 16.1 Å². The van der Waals surface area contributed by atoms with Crippen LogP contribution in [0, 0.1) is 6.92 Å². The number of anilines is 2. The van der Waals surface area contributed by atoms with Crippen molar-refractivity contribution >= 4 is 33.6 Å². The molecule has 0 radical (unpaired) electrons. The van der Waals surface area contributed by atoms with Gasteiger partial charge in [0, 0.05) is 55.5 Å². The average molecular weight is 446 g/mol. The molecular weight excluding hydrogens is 422 g/mol. The zero-order chi connectivity index (χ0) is 19.5. The molecule has 2 aliphatic heterocycles. The second-order valence-electron chi connectivity index (χ2n) is 7.03. The maximum atomic E-state index is 12.8. The number of amides is 1. The SMILES string of the molecule is Cc1cc(N2CCN(C(=O)c3ccccc3Br)CC2)nc(N2CCOCC2)n1. The smallest absolute Gasteiger partial charge is 0.255 e. The first-order chi connectivity index (χ1) is 13.6. The molecule has 28 heavy (non-hydrogen) atoms. The Kier molecular flexibility index (Phi) is 5.77. The fourth-order valence-corrected chi connectivity index (χ4v) is 4.00. The first-order valence-corrected chi connectivity index (χ1v) is 10.4. The molecule has 2 saturated heterocycles. The largest absolute Gasteiger partial charge is 0.378 e. The molecule has 2 aromatic rings. The van der Waals surface area contributed by atoms with Crippen LogP contribution in [0.15, 0.2) is 34.8 Å². The molecule has 4 rings (SSSR count). The Bertz CT molecular complexity index is 848. The standard InChI is InChI=1S/C20H24BrN5O2/c1-15-14-18(23-20(22-15)26-10-12-28-13-11-26)24-6-8-25(9-7-24)19(27)16-4-2-3-5-17(16)21/h2-5,14H,6-13H2,1H3. The van der Waals surface area contributed by atoms with Crippen molar-refractivity contribution in [2.75, 3.05) is 62.3 Å². The van der Waals surface area contributed by atoms with Gasteiger partial charge in [-0.3, -0.25) is 4.79 Å². The molecule has 0 N–H and O–H groups in total. The molecule has 1 amide bonds. The molecule has 148 valence electrons. The Morgan fingerprint density at radius 3 is 2.43 bits per heavy atom. The maximum absolute atomic E-state index is 12.8. The van der Waals surface area contributed by atoms with Crippen molar-refractivity contribution in [1.29, 1.82) is 0 Å². The third kappa shape index (κ3) is 4.12. The van der Waals surface area contributed by atoms with E-state index in [0.29, 0.717) is 31.9 Å². The third-order valence-corrected chi connectivity index (χ3v) is 5.81. The quantitative estimate of drug-likeness (QED) is 0.722. The van der Waals surface area contributed by atoms with Crippen LogP contribution in [0.3, 0.4) is 0 Å². The van der Waals surface area contributed by atoms with Gasteiger partial charge in [-0.25, -0.2) is 4.98 Å². The lowest BCUT2D eigenvalue weighted by molar-refractivity contribution is 0.0745. The lowest BCUT2D eigenvalue weighted by atomic mass is 10.2. The van der Waals surface area contributed by atoms with Gasteiger partial charge in [-0.2, -0.15) is 4.98 Å². The molecule has 7 nitrogen and oxygen atoms in total. The lowest BCUT2D eigenvalue weighted by Gasteiger charge is -2.36. The second-order valence-corrected chi connectivity index (χ2v) is 7.88. The fourth-order valence-electron chi connectivity index (χ4n) is 3.55. The number of carbonyl (C=O) groups excluding carboxylic acids is 1. The van der Waals surface area contributed by atoms with Crippen LogP contribution >= 0.6 is 15.9 Å². The van der Waals surface area contributed by atoms with E-state index < -0.39 is 0 Å². The predicted octanol–water partition coefficient (Wildman–Crippen LogP) is 2.35. The zero-order valence-electron chi connectivity index (χ0n) is 16.0. The average Bonchev–Trinajstić information content (AvgIpc) is 2.74. The van der Waals surface area contributed by atoms with Crippen molar-refractivity contribution in [3.05, 3.63) is 46.1 Å². The Morgan fingerprint density at radius 1 is 1.00 bits per heavy atom. The number of hydrogen-bond donors (Lipinski definition) is 0. The molecule has 2 fully saturated rings. The van der Waals surface area contributed by atoms with Crippen LogP contribution in [0.4, 0.5) is 11.8 Å². The normalized spacial score (nSPS) is 17.7. The van der Waals surface area contributed by atoms with E-state index in [1.54, 1.807) is 0 Å². The molecule has 0 saturated carbocycles. The predicted molar refractivity (Wildman–Crippen MR) is 112 cm³/mol. The van der Waals surface area contributed by atoms with Crippen molar-refractivity contribution in [1.82, 2.24) is 14.9 Å². The molecule has 0 atom stereocenters. The van der Waals surface area contributed by atoms with Crippen molar-refractivity contribution in [3.63, 3.8) is 0 Å². The highest BCUT2D eigenvalue weighted by atomic mass is 79.9. The van der Waals surface area contributed by atoms with E-state index in [2.05, 4.69) is 30.7 Å². The van der Waals surface area contributed by atoms with Gasteiger partial charge in [0.2, 0.25) is 5.95 Å². The van der Waals surface area contributed by atoms with E-state index in [1.165, 1.54) is 0 Å². The molecule has 1 aromatic carbocycles. The summed E-state index contributed by atoms with van der Waals surface area (Å²) in [5.74, 6) is 1.77. The summed E-state index contributed by atoms with van der Waals surface area (Å²) in [4.78, 5) is 28.5. The minimum atomic E-state index is 0.0694. The molecule has 3 heterocycles. The summed E-state index contributed by atoms with van der Waals surface area (Å²) in [6, 6.07) is 9.60. The molecule has 2 aliphatic rings. The van der Waals surface area contributed by atoms with Gasteiger partial charge in [0.1, 0.15) is 5.82 Å². The number of rotatable bonds is 3. The van der Waals surface area contributed by atoms with Crippen LogP contribution in [-0.4, -0.2) is 73.3 Å². The summed E-state index contributed by atoms with van der Waals surface area (Å²) in [6.45, 7) is 7.93. The van der Waals surface area contributed by atoms with Gasteiger partial charge in [-0.05, 0) is 35.0 Å². The number of aromatic nitrogens is 2. The summed E-state index contributed by atoms with van der Waals surface area (Å²) in [5.41, 5.74) is 1.67. The van der Waals surface area contributed by atoms with Gasteiger partial charge in [0.25, 0.3) is 5.91 Å². The van der Waals surface area contributed by atoms with E-state index in [0.717, 1.165) is 48.1 Å². The minimum Gasteiger partial charge on any atom is -0.378 e. The third-order valence-electron chi connectivity index (χ3n) is 5.12. The van der Waals surface area contributed by atoms with Gasteiger partial charge in [0.15, 0.2) is 0 Å². The maximum Gasteiger partial charge on any atom is 0.255 e. The first-order valence-electron chi connectivity index (χ1n) is 9.59. The van der Waals surface area contributed by atoms with Gasteiger partial charge >= 0.3 is 0 Å². The molecule has 8 heteroatoms. The zero-order valence-corrected chi connectivity index (χ0v) is 17.6. The Hall–Kier alpha value is -2.19. The monoisotopic (exact) mass is 445 g/mol. The van der Waals surface area contributed by atoms with Gasteiger partial charge in [-0.1, -0.05) is 12.1 Å². The van der Waals surface area contributed by atoms with Gasteiger partial charge in [0.05, 0.1) is 18.8 Å². The van der Waals surface area contributed by atoms with E-state index in [4.69, 9.17) is 9.72 Å². The number of halogens is 1. The minimum absolute atomic E-state index is 0.0694. The molecule has 0 bridgehead atoms. The van der Waals surface area contributed by atoms with Crippen LogP contribution in [0.25, 0.3) is 0 Å². The highest BCUT2D eigenvalue weighted by Gasteiger charge is 2.25. The molecule has 0 unspecified atom stereocenters. The number of benzene rings is 1. The van der Waals surface area contributed by atoms with Crippen LogP contribution in [0.5, 0.6) is 0 Å². The lowest BCUT2D eigenvalue weighted by Crippen LogP contribution is -2.49. The fraction of sp³-hybridized carbons (Fsp3) is 0.450. The second kappa shape index (κ2) is 8.45. The number of nitrogens with zero attached hydrogens (tertiary/aromatic N) is 5. The number of hydrogen-bond acceptors (Lipinski definition) is 6. The molecule has 0 aliphatic carbocycles. The Balaban J connectivity index is 1.44. The molecule has 1 aromatic heterocycles. The van der Waals surface area contributed by atoms with Crippen molar-refractivity contribution in [3.8, 4) is 0 Å². The van der Waals surface area contributed by atoms with E-state index >= 15 is 0 Å². The topological polar surface area (TPSA) is 61.8 Å². The van der Waals surface area contributed by atoms with E-state index in [1.807, 2.05) is 42.2 Å². The number of morpholine rings is 1. The van der Waals surface area contributed by atoms with Crippen LogP contribution in [0.2, 0.25) is 0 Å². The van der Waals surface area contributed by atoms with Crippen molar-refractivity contribution in [2.24, 2.45) is 0 Å². The summed E-state index contributed by atoms with van der Waals surface area (Å²) in [6.07, 6.45) is 0. The van der Waals surface area contributed by atoms with E-state index in [9.17, 15) is 4.79 Å². The number of ether oxygens (including phenoxy) is 1. The van der Waals surface area contributed by atoms with Crippen molar-refractivity contribution in [2.45, 2.75) is 6.92 Å². The van der Waals surface area contributed by atoms with Gasteiger partial charge in [-0.15, -0.1) is 0 Å². The number of piperazine rings is 1. The van der Waals surface area contributed by atoms with Crippen LogP contribution in [-0.2, 0) is 4.74 Å². The number of carbonyl (C=O) groups is 1. The van der Waals surface area contributed by atoms with E-state index in [-0.39, 0.29) is 5.91 Å². The summed E-state index contributed by atoms with van der Waals surface area (Å²) < 4.78 is 6.27. The molecule has 0 spiro atoms.